The van der Waals surface area contributed by atoms with Crippen molar-refractivity contribution >= 4 is 5.71 Å². The van der Waals surface area contributed by atoms with Crippen molar-refractivity contribution in [3.8, 4) is 0 Å². The Bertz CT molecular complexity index is 248. The van der Waals surface area contributed by atoms with E-state index in [-0.39, 0.29) is 12.1 Å². The second-order valence-electron chi connectivity index (χ2n) is 4.30. The van der Waals surface area contributed by atoms with Gasteiger partial charge in [-0.3, -0.25) is 0 Å². The highest BCUT2D eigenvalue weighted by atomic mass is 16.5. The number of hydroxylamine groups is 3. The summed E-state index contributed by atoms with van der Waals surface area (Å²) in [7, 11) is 0. The van der Waals surface area contributed by atoms with Crippen LogP contribution in [-0.2, 0) is 0 Å². The van der Waals surface area contributed by atoms with Crippen molar-refractivity contribution in [1.29, 1.82) is 0 Å². The van der Waals surface area contributed by atoms with Gasteiger partial charge in [0.1, 0.15) is 5.54 Å². The molecule has 1 N–H and O–H groups in total. The number of hydrogen-bond acceptors (Lipinski definition) is 3. The monoisotopic (exact) mass is 186 g/mol. The summed E-state index contributed by atoms with van der Waals surface area (Å²) in [5.41, 5.74) is 0.0915. The first-order valence-corrected chi connectivity index (χ1v) is 4.58. The van der Waals surface area contributed by atoms with Crippen LogP contribution in [0.1, 0.15) is 34.6 Å². The third kappa shape index (κ3) is 1.34. The lowest BCUT2D eigenvalue weighted by atomic mass is 9.92. The van der Waals surface area contributed by atoms with Crippen LogP contribution >= 0.6 is 0 Å². The minimum atomic E-state index is -0.562. The molecule has 0 fully saturated rings. The average molecular weight is 186 g/mol. The van der Waals surface area contributed by atoms with Gasteiger partial charge in [-0.2, -0.15) is 5.06 Å². The maximum Gasteiger partial charge on any atom is 0.182 e. The molecular formula is C9H18N2O2. The van der Waals surface area contributed by atoms with Crippen LogP contribution in [0.3, 0.4) is 0 Å². The van der Waals surface area contributed by atoms with Crippen molar-refractivity contribution in [2.75, 3.05) is 0 Å². The van der Waals surface area contributed by atoms with Gasteiger partial charge in [-0.15, -0.1) is 0 Å². The van der Waals surface area contributed by atoms with Crippen LogP contribution in [0, 0.1) is 5.21 Å². The Morgan fingerprint density at radius 2 is 1.92 bits per heavy atom. The molecule has 0 aromatic carbocycles. The van der Waals surface area contributed by atoms with Crippen LogP contribution in [0.2, 0.25) is 0 Å². The van der Waals surface area contributed by atoms with Crippen molar-refractivity contribution in [3.05, 3.63) is 5.21 Å². The van der Waals surface area contributed by atoms with Gasteiger partial charge in [-0.05, 0) is 20.8 Å². The number of rotatable bonds is 0. The van der Waals surface area contributed by atoms with Gasteiger partial charge in [0, 0.05) is 13.8 Å². The number of nitrogens with zero attached hydrogens (tertiary/aromatic N) is 2. The molecular weight excluding hydrogens is 168 g/mol. The Hall–Kier alpha value is -0.610. The summed E-state index contributed by atoms with van der Waals surface area (Å²) < 4.78 is 0.997. The van der Waals surface area contributed by atoms with Crippen molar-refractivity contribution in [2.24, 2.45) is 0 Å². The standard InChI is InChI=1S/C9H18N2O2/c1-6-7(2)11(13)9(4,5)8(3)10(6)12/h6-7,13H,1-5H3/t6-,7+/m1/s1. The molecule has 1 aliphatic rings. The average Bonchev–Trinajstić information content (AvgIpc) is 2.09. The minimum absolute atomic E-state index is 0.142. The lowest BCUT2D eigenvalue weighted by molar-refractivity contribution is -0.528. The molecule has 1 rings (SSSR count). The quantitative estimate of drug-likeness (QED) is 0.457. The van der Waals surface area contributed by atoms with Gasteiger partial charge in [0.25, 0.3) is 0 Å². The predicted molar refractivity (Wildman–Crippen MR) is 50.9 cm³/mol. The predicted octanol–water partition coefficient (Wildman–Crippen LogP) is 1.22. The highest BCUT2D eigenvalue weighted by molar-refractivity contribution is 5.86. The van der Waals surface area contributed by atoms with E-state index >= 15 is 0 Å². The van der Waals surface area contributed by atoms with Crippen LogP contribution in [0.25, 0.3) is 0 Å². The zero-order valence-electron chi connectivity index (χ0n) is 8.90. The molecule has 0 aliphatic carbocycles. The normalized spacial score (nSPS) is 35.2. The summed E-state index contributed by atoms with van der Waals surface area (Å²) in [4.78, 5) is 0. The molecule has 0 saturated heterocycles. The maximum absolute atomic E-state index is 11.6. The first-order valence-electron chi connectivity index (χ1n) is 4.58. The third-order valence-electron chi connectivity index (χ3n) is 3.24. The Kier molecular flexibility index (Phi) is 2.38. The van der Waals surface area contributed by atoms with E-state index in [0.717, 1.165) is 4.74 Å². The van der Waals surface area contributed by atoms with E-state index in [4.69, 9.17) is 0 Å². The molecule has 0 bridgehead atoms. The smallest absolute Gasteiger partial charge is 0.182 e. The molecule has 1 aliphatic heterocycles. The summed E-state index contributed by atoms with van der Waals surface area (Å²) in [6.45, 7) is 9.12. The van der Waals surface area contributed by atoms with E-state index in [2.05, 4.69) is 0 Å². The zero-order valence-corrected chi connectivity index (χ0v) is 8.90. The molecule has 0 amide bonds. The number of hydrogen-bond donors (Lipinski definition) is 1. The van der Waals surface area contributed by atoms with Crippen molar-refractivity contribution in [3.63, 3.8) is 0 Å². The molecule has 2 atom stereocenters. The largest absolute Gasteiger partial charge is 0.624 e. The molecule has 0 radical (unpaired) electrons. The minimum Gasteiger partial charge on any atom is -0.624 e. The fourth-order valence-electron chi connectivity index (χ4n) is 1.65. The van der Waals surface area contributed by atoms with E-state index in [1.807, 2.05) is 27.7 Å². The second kappa shape index (κ2) is 2.96. The second-order valence-corrected chi connectivity index (χ2v) is 4.30. The molecule has 0 aromatic rings. The first kappa shape index (κ1) is 10.5. The molecule has 0 spiro atoms. The van der Waals surface area contributed by atoms with Gasteiger partial charge in [0.15, 0.2) is 11.8 Å². The van der Waals surface area contributed by atoms with Crippen molar-refractivity contribution in [2.45, 2.75) is 52.2 Å². The van der Waals surface area contributed by atoms with E-state index in [1.54, 1.807) is 6.92 Å². The molecule has 0 aromatic heterocycles. The first-order chi connectivity index (χ1) is 5.80. The van der Waals surface area contributed by atoms with Gasteiger partial charge in [0.05, 0.1) is 6.04 Å². The molecule has 1 heterocycles. The molecule has 4 heteroatoms. The van der Waals surface area contributed by atoms with Crippen LogP contribution in [0.4, 0.5) is 0 Å². The summed E-state index contributed by atoms with van der Waals surface area (Å²) in [5, 5.41) is 22.7. The van der Waals surface area contributed by atoms with Crippen molar-refractivity contribution < 1.29 is 9.95 Å². The summed E-state index contributed by atoms with van der Waals surface area (Å²) in [6.07, 6.45) is 0. The van der Waals surface area contributed by atoms with Gasteiger partial charge in [-0.25, -0.2) is 4.74 Å². The highest BCUT2D eigenvalue weighted by Gasteiger charge is 2.45. The molecule has 13 heavy (non-hydrogen) atoms. The van der Waals surface area contributed by atoms with Crippen LogP contribution < -0.4 is 0 Å². The Balaban J connectivity index is 3.17. The van der Waals surface area contributed by atoms with Gasteiger partial charge < -0.3 is 10.4 Å². The Morgan fingerprint density at radius 3 is 2.38 bits per heavy atom. The van der Waals surface area contributed by atoms with E-state index < -0.39 is 5.54 Å². The SMILES string of the molecule is CC1=[N+]([O-])[C@H](C)[C@H](C)N(O)C1(C)C. The summed E-state index contributed by atoms with van der Waals surface area (Å²) in [6, 6.07) is -0.339. The lowest BCUT2D eigenvalue weighted by Gasteiger charge is -2.42. The molecule has 76 valence electrons. The molecule has 4 nitrogen and oxygen atoms in total. The van der Waals surface area contributed by atoms with E-state index in [1.165, 1.54) is 5.06 Å². The summed E-state index contributed by atoms with van der Waals surface area (Å²) >= 11 is 0. The van der Waals surface area contributed by atoms with Crippen LogP contribution in [0.5, 0.6) is 0 Å². The third-order valence-corrected chi connectivity index (χ3v) is 3.24. The van der Waals surface area contributed by atoms with Crippen LogP contribution in [-0.4, -0.2) is 38.3 Å². The summed E-state index contributed by atoms with van der Waals surface area (Å²) in [5.74, 6) is 0. The lowest BCUT2D eigenvalue weighted by Crippen LogP contribution is -2.62. The fourth-order valence-corrected chi connectivity index (χ4v) is 1.65. The van der Waals surface area contributed by atoms with Gasteiger partial charge in [0.2, 0.25) is 0 Å². The highest BCUT2D eigenvalue weighted by Crippen LogP contribution is 2.24. The van der Waals surface area contributed by atoms with Gasteiger partial charge in [-0.1, -0.05) is 0 Å². The molecule has 0 saturated carbocycles. The van der Waals surface area contributed by atoms with E-state index in [9.17, 15) is 10.4 Å². The Morgan fingerprint density at radius 1 is 1.46 bits per heavy atom. The van der Waals surface area contributed by atoms with E-state index in [0.29, 0.717) is 5.71 Å². The zero-order chi connectivity index (χ0) is 10.4. The van der Waals surface area contributed by atoms with Crippen molar-refractivity contribution in [1.82, 2.24) is 5.06 Å². The molecule has 0 unspecified atom stereocenters. The topological polar surface area (TPSA) is 49.5 Å². The maximum atomic E-state index is 11.6. The van der Waals surface area contributed by atoms with Gasteiger partial charge >= 0.3 is 0 Å². The van der Waals surface area contributed by atoms with Crippen LogP contribution in [0.15, 0.2) is 0 Å². The fraction of sp³-hybridized carbons (Fsp3) is 0.889. The Labute approximate surface area is 79.0 Å².